The van der Waals surface area contributed by atoms with Crippen LogP contribution in [0.15, 0.2) is 60.7 Å². The van der Waals surface area contributed by atoms with Crippen molar-refractivity contribution in [2.24, 2.45) is 0 Å². The van der Waals surface area contributed by atoms with Gasteiger partial charge in [-0.1, -0.05) is 18.2 Å². The smallest absolute Gasteiger partial charge is 0.412 e. The molecule has 0 aliphatic rings. The molecule has 0 atom stereocenters. The first-order valence-corrected chi connectivity index (χ1v) is 14.0. The largest absolute Gasteiger partial charge is 0.497 e. The van der Waals surface area contributed by atoms with Crippen LogP contribution in [0.1, 0.15) is 31.9 Å². The van der Waals surface area contributed by atoms with E-state index in [2.05, 4.69) is 5.32 Å². The van der Waals surface area contributed by atoms with Gasteiger partial charge in [-0.3, -0.25) is 5.32 Å². The number of amides is 1. The number of methoxy groups -OCH3 is 4. The van der Waals surface area contributed by atoms with E-state index in [1.54, 1.807) is 69.3 Å². The van der Waals surface area contributed by atoms with Crippen LogP contribution in [0.25, 0.3) is 0 Å². The summed E-state index contributed by atoms with van der Waals surface area (Å²) < 4.78 is 61.0. The van der Waals surface area contributed by atoms with Gasteiger partial charge in [-0.2, -0.15) is 12.7 Å². The van der Waals surface area contributed by atoms with Crippen LogP contribution < -0.4 is 28.4 Å². The lowest BCUT2D eigenvalue weighted by Crippen LogP contribution is -2.34. The molecule has 0 fully saturated rings. The zero-order chi connectivity index (χ0) is 30.2. The molecule has 0 saturated carbocycles. The second kappa shape index (κ2) is 13.5. The number of benzene rings is 3. The Balaban J connectivity index is 1.95. The Kier molecular flexibility index (Phi) is 10.3. The molecule has 0 heterocycles. The summed E-state index contributed by atoms with van der Waals surface area (Å²) in [6.07, 6.45) is -0.683. The van der Waals surface area contributed by atoms with Crippen molar-refractivity contribution in [3.05, 3.63) is 71.8 Å². The second-order valence-electron chi connectivity index (χ2n) is 9.82. The average molecular weight is 589 g/mol. The summed E-state index contributed by atoms with van der Waals surface area (Å²) in [7, 11) is 1.62. The van der Waals surface area contributed by atoms with Crippen molar-refractivity contribution in [2.45, 2.75) is 39.5 Å². The number of ether oxygens (including phenoxy) is 5. The highest BCUT2D eigenvalue weighted by Crippen LogP contribution is 2.31. The maximum atomic E-state index is 13.7. The van der Waals surface area contributed by atoms with Gasteiger partial charge in [0.1, 0.15) is 34.3 Å². The Hall–Kier alpha value is -4.16. The van der Waals surface area contributed by atoms with Gasteiger partial charge >= 0.3 is 16.4 Å². The van der Waals surface area contributed by atoms with E-state index in [-0.39, 0.29) is 18.8 Å². The van der Waals surface area contributed by atoms with E-state index in [1.165, 1.54) is 40.6 Å². The molecule has 3 aromatic carbocycles. The van der Waals surface area contributed by atoms with E-state index in [0.29, 0.717) is 39.8 Å². The van der Waals surface area contributed by atoms with E-state index in [1.807, 2.05) is 0 Å². The quantitative estimate of drug-likeness (QED) is 0.297. The molecular weight excluding hydrogens is 552 g/mol. The van der Waals surface area contributed by atoms with Crippen LogP contribution in [0.5, 0.6) is 28.7 Å². The summed E-state index contributed by atoms with van der Waals surface area (Å²) in [6, 6.07) is 16.2. The third-order valence-electron chi connectivity index (χ3n) is 5.68. The Morgan fingerprint density at radius 3 is 1.76 bits per heavy atom. The molecule has 11 nitrogen and oxygen atoms in total. The van der Waals surface area contributed by atoms with Gasteiger partial charge in [-0.25, -0.2) is 4.79 Å². The minimum atomic E-state index is -4.41. The molecule has 0 radical (unpaired) electrons. The van der Waals surface area contributed by atoms with Crippen molar-refractivity contribution < 1.29 is 41.1 Å². The maximum Gasteiger partial charge on any atom is 0.412 e. The lowest BCUT2D eigenvalue weighted by molar-refractivity contribution is 0.0636. The Morgan fingerprint density at radius 1 is 0.756 bits per heavy atom. The van der Waals surface area contributed by atoms with Gasteiger partial charge in [0.15, 0.2) is 0 Å². The Bertz CT molecular complexity index is 1400. The third-order valence-corrected chi connectivity index (χ3v) is 6.97. The van der Waals surface area contributed by atoms with E-state index in [9.17, 15) is 13.2 Å². The standard InChI is InChI=1S/C29H36N2O9S/c1-29(2,3)39-28(32)30-22-9-8-10-25(15-22)40-41(33,34)31(18-20-11-13-23(35-4)16-26(20)37-6)19-21-12-14-24(36-5)17-27(21)38-7/h8-17H,18-19H2,1-7H3,(H,30,32). The third kappa shape index (κ3) is 8.92. The maximum absolute atomic E-state index is 13.7. The van der Waals surface area contributed by atoms with Gasteiger partial charge in [-0.05, 0) is 45.0 Å². The van der Waals surface area contributed by atoms with E-state index >= 15 is 0 Å². The highest BCUT2D eigenvalue weighted by Gasteiger charge is 2.28. The summed E-state index contributed by atoms with van der Waals surface area (Å²) in [5.41, 5.74) is 0.751. The van der Waals surface area contributed by atoms with Gasteiger partial charge in [0.2, 0.25) is 0 Å². The van der Waals surface area contributed by atoms with Crippen molar-refractivity contribution >= 4 is 22.1 Å². The second-order valence-corrected chi connectivity index (χ2v) is 11.4. The predicted octanol–water partition coefficient (Wildman–Crippen LogP) is 5.39. The number of hydrogen-bond acceptors (Lipinski definition) is 9. The van der Waals surface area contributed by atoms with Gasteiger partial charge < -0.3 is 27.9 Å². The number of nitrogens with zero attached hydrogens (tertiary/aromatic N) is 1. The first kappa shape index (κ1) is 31.4. The molecule has 0 aliphatic carbocycles. The van der Waals surface area contributed by atoms with Crippen molar-refractivity contribution in [1.82, 2.24) is 4.31 Å². The van der Waals surface area contributed by atoms with E-state index < -0.39 is 22.0 Å². The highest BCUT2D eigenvalue weighted by molar-refractivity contribution is 7.84. The van der Waals surface area contributed by atoms with E-state index in [0.717, 1.165) is 4.31 Å². The van der Waals surface area contributed by atoms with Crippen LogP contribution in [-0.2, 0) is 28.1 Å². The van der Waals surface area contributed by atoms with Gasteiger partial charge in [0.25, 0.3) is 0 Å². The number of nitrogens with one attached hydrogen (secondary N) is 1. The monoisotopic (exact) mass is 588 g/mol. The van der Waals surface area contributed by atoms with Crippen LogP contribution in [0.2, 0.25) is 0 Å². The fourth-order valence-electron chi connectivity index (χ4n) is 3.78. The topological polar surface area (TPSA) is 122 Å². The van der Waals surface area contributed by atoms with Crippen molar-refractivity contribution in [3.8, 4) is 28.7 Å². The molecule has 3 aromatic rings. The number of rotatable bonds is 12. The average Bonchev–Trinajstić information content (AvgIpc) is 2.91. The number of carbonyl (C=O) groups is 1. The summed E-state index contributed by atoms with van der Waals surface area (Å²) in [5.74, 6) is 1.99. The first-order valence-electron chi connectivity index (χ1n) is 12.6. The van der Waals surface area contributed by atoms with Gasteiger partial charge in [0.05, 0.1) is 28.4 Å². The Morgan fingerprint density at radius 2 is 1.29 bits per heavy atom. The molecule has 0 saturated heterocycles. The minimum absolute atomic E-state index is 0.00745. The molecular formula is C29H36N2O9S. The summed E-state index contributed by atoms with van der Waals surface area (Å²) in [4.78, 5) is 12.2. The predicted molar refractivity (Wildman–Crippen MR) is 154 cm³/mol. The molecule has 3 rings (SSSR count). The summed E-state index contributed by atoms with van der Waals surface area (Å²) >= 11 is 0. The number of hydrogen-bond donors (Lipinski definition) is 1. The molecule has 0 bridgehead atoms. The van der Waals surface area contributed by atoms with E-state index in [4.69, 9.17) is 27.9 Å². The first-order chi connectivity index (χ1) is 19.4. The van der Waals surface area contributed by atoms with Crippen LogP contribution in [0, 0.1) is 0 Å². The van der Waals surface area contributed by atoms with Gasteiger partial charge in [-0.15, -0.1) is 0 Å². The van der Waals surface area contributed by atoms with Crippen molar-refractivity contribution in [2.75, 3.05) is 33.8 Å². The van der Waals surface area contributed by atoms with Crippen LogP contribution >= 0.6 is 0 Å². The number of carbonyl (C=O) groups excluding carboxylic acids is 1. The molecule has 41 heavy (non-hydrogen) atoms. The Labute approximate surface area is 241 Å². The summed E-state index contributed by atoms with van der Waals surface area (Å²) in [6.45, 7) is 5.02. The zero-order valence-electron chi connectivity index (χ0n) is 24.2. The van der Waals surface area contributed by atoms with Gasteiger partial charge in [0, 0.05) is 48.1 Å². The van der Waals surface area contributed by atoms with Crippen LogP contribution in [0.4, 0.5) is 10.5 Å². The summed E-state index contributed by atoms with van der Waals surface area (Å²) in [5, 5.41) is 2.58. The van der Waals surface area contributed by atoms with Crippen molar-refractivity contribution in [1.29, 1.82) is 0 Å². The zero-order valence-corrected chi connectivity index (χ0v) is 25.0. The molecule has 0 unspecified atom stereocenters. The molecule has 222 valence electrons. The fraction of sp³-hybridized carbons (Fsp3) is 0.345. The lowest BCUT2D eigenvalue weighted by atomic mass is 10.1. The molecule has 0 aliphatic heterocycles. The molecule has 1 N–H and O–H groups in total. The molecule has 0 aromatic heterocycles. The number of anilines is 1. The SMILES string of the molecule is COc1ccc(CN(Cc2ccc(OC)cc2OC)S(=O)(=O)Oc2cccc(NC(=O)OC(C)(C)C)c2)c(OC)c1. The van der Waals surface area contributed by atoms with Crippen LogP contribution in [0.3, 0.4) is 0 Å². The lowest BCUT2D eigenvalue weighted by Gasteiger charge is -2.24. The molecule has 1 amide bonds. The van der Waals surface area contributed by atoms with Crippen molar-refractivity contribution in [3.63, 3.8) is 0 Å². The highest BCUT2D eigenvalue weighted by atomic mass is 32.2. The molecule has 0 spiro atoms. The normalized spacial score (nSPS) is 11.5. The molecule has 12 heteroatoms. The minimum Gasteiger partial charge on any atom is -0.497 e. The van der Waals surface area contributed by atoms with Crippen LogP contribution in [-0.4, -0.2) is 52.9 Å². The fourth-order valence-corrected chi connectivity index (χ4v) is 4.83.